The number of aliphatic hydroxyl groups is 1. The third-order valence-electron chi connectivity index (χ3n) is 4.25. The van der Waals surface area contributed by atoms with E-state index >= 15 is 0 Å². The van der Waals surface area contributed by atoms with Gasteiger partial charge in [-0.05, 0) is 25.8 Å². The lowest BCUT2D eigenvalue weighted by Crippen LogP contribution is -2.35. The Kier molecular flexibility index (Phi) is 4.89. The van der Waals surface area contributed by atoms with E-state index in [2.05, 4.69) is 25.6 Å². The molecule has 0 spiro atoms. The second-order valence-corrected chi connectivity index (χ2v) is 6.17. The first kappa shape index (κ1) is 17.6. The van der Waals surface area contributed by atoms with Crippen LogP contribution in [0.1, 0.15) is 48.8 Å². The van der Waals surface area contributed by atoms with Crippen LogP contribution in [0.3, 0.4) is 0 Å². The van der Waals surface area contributed by atoms with Gasteiger partial charge >= 0.3 is 6.18 Å². The molecule has 2 atom stereocenters. The van der Waals surface area contributed by atoms with Crippen LogP contribution in [-0.4, -0.2) is 36.1 Å². The maximum atomic E-state index is 12.9. The van der Waals surface area contributed by atoms with E-state index in [1.165, 1.54) is 6.92 Å². The van der Waals surface area contributed by atoms with Gasteiger partial charge in [-0.15, -0.1) is 5.10 Å². The summed E-state index contributed by atoms with van der Waals surface area (Å²) in [5.41, 5.74) is -0.255. The molecule has 1 fully saturated rings. The SMILES string of the molecule is Cc1cc(C(F)(F)F)nc(N[C@H]2CCCC[C@H]2n2cc(CO)nn2)n1. The predicted molar refractivity (Wildman–Crippen MR) is 82.6 cm³/mol. The van der Waals surface area contributed by atoms with E-state index in [4.69, 9.17) is 5.11 Å². The Labute approximate surface area is 142 Å². The maximum absolute atomic E-state index is 12.9. The molecule has 2 aromatic heterocycles. The van der Waals surface area contributed by atoms with Crippen molar-refractivity contribution in [2.75, 3.05) is 5.32 Å². The topological polar surface area (TPSA) is 88.8 Å². The minimum atomic E-state index is -4.52. The van der Waals surface area contributed by atoms with Crippen molar-refractivity contribution in [3.8, 4) is 0 Å². The molecule has 1 saturated carbocycles. The Bertz CT molecular complexity index is 732. The molecule has 10 heteroatoms. The van der Waals surface area contributed by atoms with Gasteiger partial charge in [0.25, 0.3) is 0 Å². The molecule has 0 unspecified atom stereocenters. The molecule has 0 radical (unpaired) electrons. The summed E-state index contributed by atoms with van der Waals surface area (Å²) in [4.78, 5) is 7.70. The zero-order valence-corrected chi connectivity index (χ0v) is 13.7. The van der Waals surface area contributed by atoms with Crippen molar-refractivity contribution in [3.05, 3.63) is 29.3 Å². The van der Waals surface area contributed by atoms with Crippen LogP contribution in [0.25, 0.3) is 0 Å². The van der Waals surface area contributed by atoms with E-state index in [0.29, 0.717) is 5.69 Å². The Morgan fingerprint density at radius 2 is 2.04 bits per heavy atom. The van der Waals surface area contributed by atoms with Gasteiger partial charge in [-0.25, -0.2) is 14.6 Å². The number of aromatic nitrogens is 5. The Morgan fingerprint density at radius 3 is 2.72 bits per heavy atom. The normalized spacial score (nSPS) is 21.3. The second kappa shape index (κ2) is 6.95. The number of hydrogen-bond acceptors (Lipinski definition) is 6. The molecule has 0 amide bonds. The molecule has 3 rings (SSSR count). The lowest BCUT2D eigenvalue weighted by Gasteiger charge is -2.32. The fourth-order valence-electron chi connectivity index (χ4n) is 3.09. The number of alkyl halides is 3. The maximum Gasteiger partial charge on any atom is 0.433 e. The van der Waals surface area contributed by atoms with Gasteiger partial charge < -0.3 is 10.4 Å². The van der Waals surface area contributed by atoms with E-state index in [-0.39, 0.29) is 30.3 Å². The summed E-state index contributed by atoms with van der Waals surface area (Å²) in [5.74, 6) is -0.0354. The number of halogens is 3. The monoisotopic (exact) mass is 356 g/mol. The van der Waals surface area contributed by atoms with Gasteiger partial charge in [-0.1, -0.05) is 18.1 Å². The molecule has 2 aromatic rings. The minimum absolute atomic E-state index is 0.0354. The molecule has 1 aliphatic carbocycles. The molecule has 0 saturated heterocycles. The standard InChI is InChI=1S/C15H19F3N6O/c1-9-6-13(15(16,17)18)21-14(19-9)20-11-4-2-3-5-12(11)24-7-10(8-25)22-23-24/h6-7,11-12,25H,2-5,8H2,1H3,(H,19,20,21)/t11-,12+/m0/s1. The first-order valence-electron chi connectivity index (χ1n) is 8.08. The highest BCUT2D eigenvalue weighted by atomic mass is 19.4. The van der Waals surface area contributed by atoms with Crippen molar-refractivity contribution < 1.29 is 18.3 Å². The second-order valence-electron chi connectivity index (χ2n) is 6.17. The van der Waals surface area contributed by atoms with Crippen LogP contribution in [0.15, 0.2) is 12.3 Å². The highest BCUT2D eigenvalue weighted by molar-refractivity contribution is 5.31. The van der Waals surface area contributed by atoms with Gasteiger partial charge in [0.15, 0.2) is 0 Å². The van der Waals surface area contributed by atoms with E-state index in [0.717, 1.165) is 31.7 Å². The summed E-state index contributed by atoms with van der Waals surface area (Å²) < 4.78 is 40.5. The first-order chi connectivity index (χ1) is 11.9. The Balaban J connectivity index is 1.83. The number of hydrogen-bond donors (Lipinski definition) is 2. The van der Waals surface area contributed by atoms with Crippen molar-refractivity contribution in [1.29, 1.82) is 0 Å². The van der Waals surface area contributed by atoms with E-state index in [9.17, 15) is 13.2 Å². The third-order valence-corrected chi connectivity index (χ3v) is 4.25. The summed E-state index contributed by atoms with van der Waals surface area (Å²) in [6.45, 7) is 1.30. The summed E-state index contributed by atoms with van der Waals surface area (Å²) in [6, 6.07) is 0.680. The number of aliphatic hydroxyl groups excluding tert-OH is 1. The van der Waals surface area contributed by atoms with Crippen LogP contribution in [-0.2, 0) is 12.8 Å². The minimum Gasteiger partial charge on any atom is -0.390 e. The number of nitrogens with zero attached hydrogens (tertiary/aromatic N) is 5. The first-order valence-corrected chi connectivity index (χ1v) is 8.08. The summed E-state index contributed by atoms with van der Waals surface area (Å²) >= 11 is 0. The molecule has 136 valence electrons. The van der Waals surface area contributed by atoms with Crippen molar-refractivity contribution in [3.63, 3.8) is 0 Å². The highest BCUT2D eigenvalue weighted by Gasteiger charge is 2.34. The molecule has 2 N–H and O–H groups in total. The van der Waals surface area contributed by atoms with Crippen molar-refractivity contribution in [2.24, 2.45) is 0 Å². The van der Waals surface area contributed by atoms with Crippen LogP contribution in [0, 0.1) is 6.92 Å². The number of rotatable bonds is 4. The lowest BCUT2D eigenvalue weighted by molar-refractivity contribution is -0.141. The fraction of sp³-hybridized carbons (Fsp3) is 0.600. The summed E-state index contributed by atoms with van der Waals surface area (Å²) in [6.07, 6.45) is 0.649. The smallest absolute Gasteiger partial charge is 0.390 e. The quantitative estimate of drug-likeness (QED) is 0.875. The van der Waals surface area contributed by atoms with E-state index in [1.54, 1.807) is 10.9 Å². The summed E-state index contributed by atoms with van der Waals surface area (Å²) in [7, 11) is 0. The number of anilines is 1. The Hall–Kier alpha value is -2.23. The number of aryl methyl sites for hydroxylation is 1. The van der Waals surface area contributed by atoms with Gasteiger partial charge in [-0.2, -0.15) is 13.2 Å². The van der Waals surface area contributed by atoms with Crippen LogP contribution >= 0.6 is 0 Å². The third kappa shape index (κ3) is 4.06. The van der Waals surface area contributed by atoms with Crippen LogP contribution in [0.2, 0.25) is 0 Å². The molecule has 7 nitrogen and oxygen atoms in total. The molecule has 1 aliphatic rings. The average Bonchev–Trinajstić information content (AvgIpc) is 3.03. The van der Waals surface area contributed by atoms with E-state index in [1.807, 2.05) is 0 Å². The van der Waals surface area contributed by atoms with Crippen molar-refractivity contribution >= 4 is 5.95 Å². The van der Waals surface area contributed by atoms with Gasteiger partial charge in [0, 0.05) is 5.69 Å². The molecular weight excluding hydrogens is 337 g/mol. The molecule has 0 aromatic carbocycles. The van der Waals surface area contributed by atoms with Crippen LogP contribution < -0.4 is 5.32 Å². The predicted octanol–water partition coefficient (Wildman–Crippen LogP) is 2.48. The van der Waals surface area contributed by atoms with Gasteiger partial charge in [0.1, 0.15) is 11.4 Å². The summed E-state index contributed by atoms with van der Waals surface area (Å²) in [5, 5.41) is 20.1. The largest absolute Gasteiger partial charge is 0.433 e. The lowest BCUT2D eigenvalue weighted by atomic mass is 9.90. The van der Waals surface area contributed by atoms with Gasteiger partial charge in [0.2, 0.25) is 5.95 Å². The van der Waals surface area contributed by atoms with E-state index < -0.39 is 11.9 Å². The van der Waals surface area contributed by atoms with Crippen LogP contribution in [0.5, 0.6) is 0 Å². The average molecular weight is 356 g/mol. The fourth-order valence-corrected chi connectivity index (χ4v) is 3.09. The molecule has 0 bridgehead atoms. The van der Waals surface area contributed by atoms with Crippen LogP contribution in [0.4, 0.5) is 19.1 Å². The molecule has 25 heavy (non-hydrogen) atoms. The highest BCUT2D eigenvalue weighted by Crippen LogP contribution is 2.32. The number of nitrogens with one attached hydrogen (secondary N) is 1. The zero-order valence-electron chi connectivity index (χ0n) is 13.7. The van der Waals surface area contributed by atoms with Crippen molar-refractivity contribution in [2.45, 2.75) is 57.5 Å². The Morgan fingerprint density at radius 1 is 1.28 bits per heavy atom. The zero-order chi connectivity index (χ0) is 18.0. The van der Waals surface area contributed by atoms with Gasteiger partial charge in [-0.3, -0.25) is 0 Å². The molecule has 2 heterocycles. The van der Waals surface area contributed by atoms with Crippen molar-refractivity contribution in [1.82, 2.24) is 25.0 Å². The molecular formula is C15H19F3N6O. The molecule has 0 aliphatic heterocycles. The van der Waals surface area contributed by atoms with Gasteiger partial charge in [0.05, 0.1) is 24.9 Å².